The summed E-state index contributed by atoms with van der Waals surface area (Å²) in [4.78, 5) is 0. The molecular formula is C8H12N6O3S2. The van der Waals surface area contributed by atoms with Crippen LogP contribution in [0.4, 0.5) is 5.82 Å². The van der Waals surface area contributed by atoms with Crippen LogP contribution in [0.15, 0.2) is 5.03 Å². The molecule has 2 aromatic heterocycles. The third-order valence-electron chi connectivity index (χ3n) is 2.25. The fourth-order valence-electron chi connectivity index (χ4n) is 1.29. The molecule has 0 saturated carbocycles. The van der Waals surface area contributed by atoms with Crippen LogP contribution in [0.2, 0.25) is 0 Å². The number of ether oxygens (including phenoxy) is 1. The summed E-state index contributed by atoms with van der Waals surface area (Å²) in [7, 11) is -1.97. The van der Waals surface area contributed by atoms with Crippen molar-refractivity contribution in [3.63, 3.8) is 0 Å². The van der Waals surface area contributed by atoms with E-state index in [-0.39, 0.29) is 16.6 Å². The van der Waals surface area contributed by atoms with Crippen molar-refractivity contribution in [2.45, 2.75) is 18.6 Å². The maximum absolute atomic E-state index is 11.7. The van der Waals surface area contributed by atoms with E-state index in [0.717, 1.165) is 4.68 Å². The van der Waals surface area contributed by atoms with E-state index in [1.54, 1.807) is 0 Å². The summed E-state index contributed by atoms with van der Waals surface area (Å²) >= 11 is 1.19. The highest BCUT2D eigenvalue weighted by atomic mass is 32.2. The minimum absolute atomic E-state index is 0.0676. The summed E-state index contributed by atoms with van der Waals surface area (Å²) in [5, 5.41) is 15.8. The molecule has 2 aromatic rings. The summed E-state index contributed by atoms with van der Waals surface area (Å²) < 4.78 is 29.5. The molecule has 0 amide bonds. The molecule has 0 aliphatic heterocycles. The third-order valence-corrected chi connectivity index (χ3v) is 4.76. The molecule has 104 valence electrons. The van der Waals surface area contributed by atoms with Gasteiger partial charge in [0.1, 0.15) is 11.6 Å². The van der Waals surface area contributed by atoms with Crippen molar-refractivity contribution in [1.29, 1.82) is 0 Å². The lowest BCUT2D eigenvalue weighted by Crippen LogP contribution is -2.08. The molecule has 0 bridgehead atoms. The second-order valence-electron chi connectivity index (χ2n) is 3.51. The molecule has 0 radical (unpaired) electrons. The number of sulfone groups is 1. The highest BCUT2D eigenvalue weighted by molar-refractivity contribution is 7.91. The zero-order valence-electron chi connectivity index (χ0n) is 10.3. The zero-order valence-corrected chi connectivity index (χ0v) is 11.9. The van der Waals surface area contributed by atoms with Crippen LogP contribution in [0.25, 0.3) is 5.13 Å². The number of nitrogen functional groups attached to an aromatic ring is 1. The molecule has 0 unspecified atom stereocenters. The van der Waals surface area contributed by atoms with E-state index in [1.165, 1.54) is 25.4 Å². The van der Waals surface area contributed by atoms with Crippen molar-refractivity contribution < 1.29 is 13.2 Å². The molecule has 0 fully saturated rings. The lowest BCUT2D eigenvalue weighted by Gasteiger charge is -1.98. The van der Waals surface area contributed by atoms with Gasteiger partial charge in [0.2, 0.25) is 20.0 Å². The van der Waals surface area contributed by atoms with Crippen LogP contribution >= 0.6 is 11.3 Å². The van der Waals surface area contributed by atoms with Gasteiger partial charge >= 0.3 is 0 Å². The molecule has 0 saturated heterocycles. The fraction of sp³-hybridized carbons (Fsp3) is 0.500. The van der Waals surface area contributed by atoms with Crippen molar-refractivity contribution in [3.8, 4) is 5.13 Å². The van der Waals surface area contributed by atoms with E-state index in [4.69, 9.17) is 10.5 Å². The molecule has 2 rings (SSSR count). The van der Waals surface area contributed by atoms with E-state index in [2.05, 4.69) is 20.5 Å². The summed E-state index contributed by atoms with van der Waals surface area (Å²) in [6.07, 6.45) is 0. The summed E-state index contributed by atoms with van der Waals surface area (Å²) in [6, 6.07) is 0. The Bertz CT molecular complexity index is 676. The molecule has 0 aliphatic carbocycles. The van der Waals surface area contributed by atoms with Crippen LogP contribution in [0, 0.1) is 0 Å². The van der Waals surface area contributed by atoms with Crippen LogP contribution < -0.4 is 5.73 Å². The van der Waals surface area contributed by atoms with Crippen LogP contribution in [-0.2, 0) is 21.2 Å². The Morgan fingerprint density at radius 2 is 2.11 bits per heavy atom. The van der Waals surface area contributed by atoms with Gasteiger partial charge in [0.25, 0.3) is 0 Å². The summed E-state index contributed by atoms with van der Waals surface area (Å²) in [6.45, 7) is 1.82. The standard InChI is InChI=1S/C8H12N6O3S2/c1-3-19(15,16)7-6(9)14(13-11-7)8-12-10-5(18-8)4-17-2/h3-4,9H2,1-2H3. The summed E-state index contributed by atoms with van der Waals surface area (Å²) in [5.41, 5.74) is 5.75. The molecule has 19 heavy (non-hydrogen) atoms. The van der Waals surface area contributed by atoms with E-state index in [1.807, 2.05) is 0 Å². The Hall–Kier alpha value is -1.59. The Morgan fingerprint density at radius 3 is 2.74 bits per heavy atom. The van der Waals surface area contributed by atoms with E-state index in [9.17, 15) is 8.42 Å². The third kappa shape index (κ3) is 2.57. The van der Waals surface area contributed by atoms with Crippen molar-refractivity contribution in [2.75, 3.05) is 18.6 Å². The van der Waals surface area contributed by atoms with Gasteiger partial charge in [0.05, 0.1) is 5.75 Å². The topological polar surface area (TPSA) is 126 Å². The lowest BCUT2D eigenvalue weighted by molar-refractivity contribution is 0.184. The van der Waals surface area contributed by atoms with Crippen LogP contribution in [0.1, 0.15) is 11.9 Å². The molecule has 0 atom stereocenters. The molecule has 2 heterocycles. The summed E-state index contributed by atoms with van der Waals surface area (Å²) in [5.74, 6) is -0.164. The number of anilines is 1. The number of methoxy groups -OCH3 is 1. The van der Waals surface area contributed by atoms with Crippen LogP contribution in [0.3, 0.4) is 0 Å². The second kappa shape index (κ2) is 5.19. The quantitative estimate of drug-likeness (QED) is 0.793. The van der Waals surface area contributed by atoms with E-state index < -0.39 is 9.84 Å². The molecule has 9 nitrogen and oxygen atoms in total. The average Bonchev–Trinajstić information content (AvgIpc) is 2.96. The average molecular weight is 304 g/mol. The van der Waals surface area contributed by atoms with Gasteiger partial charge in [-0.15, -0.1) is 15.3 Å². The van der Waals surface area contributed by atoms with Crippen LogP contribution in [-0.4, -0.2) is 46.5 Å². The molecular weight excluding hydrogens is 292 g/mol. The zero-order chi connectivity index (χ0) is 14.0. The van der Waals surface area contributed by atoms with Crippen LogP contribution in [0.5, 0.6) is 0 Å². The SMILES string of the molecule is CCS(=O)(=O)c1nnn(-c2nnc(COC)s2)c1N. The van der Waals surface area contributed by atoms with Gasteiger partial charge in [0, 0.05) is 7.11 Å². The van der Waals surface area contributed by atoms with Crippen molar-refractivity contribution in [3.05, 3.63) is 5.01 Å². The molecule has 0 spiro atoms. The molecule has 0 aliphatic rings. The minimum atomic E-state index is -3.51. The van der Waals surface area contributed by atoms with E-state index in [0.29, 0.717) is 16.7 Å². The van der Waals surface area contributed by atoms with Gasteiger partial charge in [-0.2, -0.15) is 4.68 Å². The monoisotopic (exact) mass is 304 g/mol. The number of hydrogen-bond acceptors (Lipinski definition) is 9. The fourth-order valence-corrected chi connectivity index (χ4v) is 2.90. The smallest absolute Gasteiger partial charge is 0.236 e. The number of rotatable bonds is 5. The highest BCUT2D eigenvalue weighted by Crippen LogP contribution is 2.22. The van der Waals surface area contributed by atoms with E-state index >= 15 is 0 Å². The Morgan fingerprint density at radius 1 is 1.37 bits per heavy atom. The molecule has 0 aromatic carbocycles. The predicted molar refractivity (Wildman–Crippen MR) is 67.7 cm³/mol. The number of nitrogens with two attached hydrogens (primary N) is 1. The lowest BCUT2D eigenvalue weighted by atomic mass is 10.7. The maximum atomic E-state index is 11.7. The second-order valence-corrected chi connectivity index (χ2v) is 6.74. The first-order chi connectivity index (χ1) is 8.99. The molecule has 11 heteroatoms. The largest absolute Gasteiger partial charge is 0.381 e. The maximum Gasteiger partial charge on any atom is 0.236 e. The van der Waals surface area contributed by atoms with Crippen molar-refractivity contribution in [1.82, 2.24) is 25.2 Å². The highest BCUT2D eigenvalue weighted by Gasteiger charge is 2.24. The van der Waals surface area contributed by atoms with Gasteiger partial charge in [-0.1, -0.05) is 23.5 Å². The first kappa shape index (κ1) is 13.8. The predicted octanol–water partition coefficient (Wildman–Crippen LogP) is -0.359. The number of hydrogen-bond donors (Lipinski definition) is 1. The van der Waals surface area contributed by atoms with Gasteiger partial charge in [-0.05, 0) is 0 Å². The Balaban J connectivity index is 2.41. The Labute approximate surface area is 113 Å². The van der Waals surface area contributed by atoms with Crippen molar-refractivity contribution in [2.24, 2.45) is 0 Å². The van der Waals surface area contributed by atoms with Crippen molar-refractivity contribution >= 4 is 27.0 Å². The number of aromatic nitrogens is 5. The van der Waals surface area contributed by atoms with Gasteiger partial charge in [0.15, 0.2) is 5.82 Å². The Kier molecular flexibility index (Phi) is 3.78. The van der Waals surface area contributed by atoms with Gasteiger partial charge in [-0.3, -0.25) is 0 Å². The first-order valence-electron chi connectivity index (χ1n) is 5.25. The normalized spacial score (nSPS) is 11.9. The molecule has 2 N–H and O–H groups in total. The number of nitrogens with zero attached hydrogens (tertiary/aromatic N) is 5. The first-order valence-corrected chi connectivity index (χ1v) is 7.72. The van der Waals surface area contributed by atoms with Gasteiger partial charge < -0.3 is 10.5 Å². The minimum Gasteiger partial charge on any atom is -0.381 e. The van der Waals surface area contributed by atoms with Gasteiger partial charge in [-0.25, -0.2) is 8.42 Å².